The van der Waals surface area contributed by atoms with Crippen LogP contribution in [0.15, 0.2) is 54.6 Å². The van der Waals surface area contributed by atoms with E-state index in [1.54, 1.807) is 37.3 Å². The van der Waals surface area contributed by atoms with Crippen LogP contribution in [0.4, 0.5) is 0 Å². The van der Waals surface area contributed by atoms with Crippen molar-refractivity contribution in [3.63, 3.8) is 0 Å². The van der Waals surface area contributed by atoms with Crippen molar-refractivity contribution < 1.29 is 14.3 Å². The van der Waals surface area contributed by atoms with Crippen molar-refractivity contribution in [3.8, 4) is 0 Å². The molecule has 1 aromatic heterocycles. The van der Waals surface area contributed by atoms with Crippen LogP contribution in [-0.4, -0.2) is 28.5 Å². The maximum atomic E-state index is 12.2. The van der Waals surface area contributed by atoms with Gasteiger partial charge >= 0.3 is 5.97 Å². The molecule has 0 saturated heterocycles. The van der Waals surface area contributed by atoms with E-state index in [1.165, 1.54) is 24.7 Å². The maximum absolute atomic E-state index is 12.2. The van der Waals surface area contributed by atoms with E-state index in [9.17, 15) is 9.59 Å². The van der Waals surface area contributed by atoms with Crippen LogP contribution in [0, 0.1) is 0 Å². The number of benzene rings is 1. The third-order valence-corrected chi connectivity index (χ3v) is 2.65. The molecule has 0 radical (unpaired) electrons. The van der Waals surface area contributed by atoms with Crippen molar-refractivity contribution in [3.05, 3.63) is 65.9 Å². The second-order valence-corrected chi connectivity index (χ2v) is 4.23. The molecule has 0 bridgehead atoms. The van der Waals surface area contributed by atoms with Gasteiger partial charge in [0.05, 0.1) is 18.5 Å². The first kappa shape index (κ1) is 15.4. The summed E-state index contributed by atoms with van der Waals surface area (Å²) in [4.78, 5) is 32.1. The van der Waals surface area contributed by atoms with E-state index in [4.69, 9.17) is 4.74 Å². The van der Waals surface area contributed by atoms with Gasteiger partial charge in [-0.05, 0) is 25.1 Å². The largest absolute Gasteiger partial charge is 0.461 e. The molecule has 1 N–H and O–H groups in total. The SMILES string of the molecule is CCOC(=O)/C(=C/c1cnccn1)NC(=O)c1ccccc1. The smallest absolute Gasteiger partial charge is 0.354 e. The van der Waals surface area contributed by atoms with Crippen molar-refractivity contribution in [1.82, 2.24) is 15.3 Å². The first-order valence-corrected chi connectivity index (χ1v) is 6.72. The zero-order chi connectivity index (χ0) is 15.8. The lowest BCUT2D eigenvalue weighted by atomic mass is 10.2. The minimum Gasteiger partial charge on any atom is -0.461 e. The molecule has 2 rings (SSSR count). The molecule has 0 spiro atoms. The molecule has 0 aliphatic rings. The molecule has 6 heteroatoms. The number of esters is 1. The van der Waals surface area contributed by atoms with E-state index in [0.29, 0.717) is 11.3 Å². The van der Waals surface area contributed by atoms with Crippen LogP contribution in [0.25, 0.3) is 6.08 Å². The third kappa shape index (κ3) is 4.24. The topological polar surface area (TPSA) is 81.2 Å². The summed E-state index contributed by atoms with van der Waals surface area (Å²) in [6.45, 7) is 1.90. The Balaban J connectivity index is 2.24. The number of carbonyl (C=O) groups is 2. The van der Waals surface area contributed by atoms with Gasteiger partial charge in [0.2, 0.25) is 0 Å². The molecule has 0 atom stereocenters. The minimum atomic E-state index is -0.627. The fraction of sp³-hybridized carbons (Fsp3) is 0.125. The molecule has 2 aromatic rings. The summed E-state index contributed by atoms with van der Waals surface area (Å²) >= 11 is 0. The molecule has 22 heavy (non-hydrogen) atoms. The molecule has 0 fully saturated rings. The lowest BCUT2D eigenvalue weighted by Gasteiger charge is -2.09. The number of ether oxygens (including phenoxy) is 1. The Morgan fingerprint density at radius 1 is 1.23 bits per heavy atom. The van der Waals surface area contributed by atoms with Gasteiger partial charge in [-0.25, -0.2) is 4.79 Å². The number of aromatic nitrogens is 2. The van der Waals surface area contributed by atoms with E-state index in [2.05, 4.69) is 15.3 Å². The highest BCUT2D eigenvalue weighted by Crippen LogP contribution is 2.05. The number of hydrogen-bond donors (Lipinski definition) is 1. The van der Waals surface area contributed by atoms with Crippen molar-refractivity contribution >= 4 is 18.0 Å². The molecule has 1 amide bonds. The third-order valence-electron chi connectivity index (χ3n) is 2.65. The van der Waals surface area contributed by atoms with E-state index in [-0.39, 0.29) is 12.3 Å². The number of amides is 1. The minimum absolute atomic E-state index is 0.0104. The van der Waals surface area contributed by atoms with Crippen molar-refractivity contribution in [1.29, 1.82) is 0 Å². The van der Waals surface area contributed by atoms with Crippen molar-refractivity contribution in [2.45, 2.75) is 6.92 Å². The van der Waals surface area contributed by atoms with Gasteiger partial charge in [-0.2, -0.15) is 0 Å². The maximum Gasteiger partial charge on any atom is 0.354 e. The Morgan fingerprint density at radius 2 is 2.00 bits per heavy atom. The lowest BCUT2D eigenvalue weighted by molar-refractivity contribution is -0.138. The predicted molar refractivity (Wildman–Crippen MR) is 80.6 cm³/mol. The molecule has 0 unspecified atom stereocenters. The number of rotatable bonds is 5. The first-order chi connectivity index (χ1) is 10.7. The van der Waals surface area contributed by atoms with Crippen LogP contribution < -0.4 is 5.32 Å². The molecule has 112 valence electrons. The van der Waals surface area contributed by atoms with Gasteiger partial charge in [0.15, 0.2) is 0 Å². The van der Waals surface area contributed by atoms with E-state index in [0.717, 1.165) is 0 Å². The molecular weight excluding hydrogens is 282 g/mol. The highest BCUT2D eigenvalue weighted by atomic mass is 16.5. The van der Waals surface area contributed by atoms with Gasteiger partial charge in [-0.1, -0.05) is 18.2 Å². The summed E-state index contributed by atoms with van der Waals surface area (Å²) in [5, 5.41) is 2.55. The lowest BCUT2D eigenvalue weighted by Crippen LogP contribution is -2.28. The highest BCUT2D eigenvalue weighted by Gasteiger charge is 2.15. The fourth-order valence-electron chi connectivity index (χ4n) is 1.67. The molecule has 1 heterocycles. The summed E-state index contributed by atoms with van der Waals surface area (Å²) < 4.78 is 4.94. The van der Waals surface area contributed by atoms with E-state index < -0.39 is 11.9 Å². The van der Waals surface area contributed by atoms with Crippen molar-refractivity contribution in [2.75, 3.05) is 6.61 Å². The molecular formula is C16H15N3O3. The summed E-state index contributed by atoms with van der Waals surface area (Å²) in [5.74, 6) is -1.03. The van der Waals surface area contributed by atoms with Gasteiger partial charge in [0, 0.05) is 18.0 Å². The average molecular weight is 297 g/mol. The van der Waals surface area contributed by atoms with E-state index in [1.807, 2.05) is 0 Å². The number of carbonyl (C=O) groups excluding carboxylic acids is 2. The van der Waals surface area contributed by atoms with Gasteiger partial charge in [0.1, 0.15) is 5.70 Å². The van der Waals surface area contributed by atoms with Crippen LogP contribution in [0.2, 0.25) is 0 Å². The number of hydrogen-bond acceptors (Lipinski definition) is 5. The van der Waals surface area contributed by atoms with Gasteiger partial charge in [0.25, 0.3) is 5.91 Å². The Bertz CT molecular complexity index is 670. The Kier molecular flexibility index (Phi) is 5.37. The summed E-state index contributed by atoms with van der Waals surface area (Å²) in [6, 6.07) is 8.59. The Morgan fingerprint density at radius 3 is 2.64 bits per heavy atom. The standard InChI is InChI=1S/C16H15N3O3/c1-2-22-16(21)14(10-13-11-17-8-9-18-13)19-15(20)12-6-4-3-5-7-12/h3-11H,2H2,1H3,(H,19,20)/b14-10-. The van der Waals surface area contributed by atoms with Crippen LogP contribution in [0.3, 0.4) is 0 Å². The Labute approximate surface area is 127 Å². The molecule has 1 aromatic carbocycles. The van der Waals surface area contributed by atoms with Gasteiger partial charge in [-0.15, -0.1) is 0 Å². The normalized spacial score (nSPS) is 10.9. The molecule has 0 saturated carbocycles. The molecule has 6 nitrogen and oxygen atoms in total. The van der Waals surface area contributed by atoms with Crippen LogP contribution in [0.1, 0.15) is 23.0 Å². The molecule has 0 aliphatic heterocycles. The van der Waals surface area contributed by atoms with E-state index >= 15 is 0 Å². The summed E-state index contributed by atoms with van der Waals surface area (Å²) in [5.41, 5.74) is 0.895. The quantitative estimate of drug-likeness (QED) is 0.672. The zero-order valence-electron chi connectivity index (χ0n) is 12.0. The predicted octanol–water partition coefficient (Wildman–Crippen LogP) is 1.81. The van der Waals surface area contributed by atoms with Crippen LogP contribution in [0.5, 0.6) is 0 Å². The van der Waals surface area contributed by atoms with Crippen molar-refractivity contribution in [2.24, 2.45) is 0 Å². The molecule has 0 aliphatic carbocycles. The summed E-state index contributed by atoms with van der Waals surface area (Å²) in [7, 11) is 0. The van der Waals surface area contributed by atoms with Crippen LogP contribution >= 0.6 is 0 Å². The fourth-order valence-corrected chi connectivity index (χ4v) is 1.67. The highest BCUT2D eigenvalue weighted by molar-refractivity contribution is 6.03. The monoisotopic (exact) mass is 297 g/mol. The van der Waals surface area contributed by atoms with Gasteiger partial charge in [-0.3, -0.25) is 14.8 Å². The average Bonchev–Trinajstić information content (AvgIpc) is 2.56. The number of nitrogens with zero attached hydrogens (tertiary/aromatic N) is 2. The Hall–Kier alpha value is -3.02. The number of nitrogens with one attached hydrogen (secondary N) is 1. The second kappa shape index (κ2) is 7.68. The first-order valence-electron chi connectivity index (χ1n) is 6.72. The van der Waals surface area contributed by atoms with Gasteiger partial charge < -0.3 is 10.1 Å². The zero-order valence-corrected chi connectivity index (χ0v) is 12.0. The summed E-state index contributed by atoms with van der Waals surface area (Å²) in [6.07, 6.45) is 5.91. The van der Waals surface area contributed by atoms with Crippen LogP contribution in [-0.2, 0) is 9.53 Å². The second-order valence-electron chi connectivity index (χ2n) is 4.23.